The van der Waals surface area contributed by atoms with Crippen molar-refractivity contribution < 1.29 is 9.53 Å². The summed E-state index contributed by atoms with van der Waals surface area (Å²) in [4.78, 5) is 12.6. The molecule has 3 rings (SSSR count). The predicted octanol–water partition coefficient (Wildman–Crippen LogP) is 2.27. The van der Waals surface area contributed by atoms with Crippen LogP contribution in [0.1, 0.15) is 37.7 Å². The van der Waals surface area contributed by atoms with Gasteiger partial charge >= 0.3 is 0 Å². The van der Waals surface area contributed by atoms with Gasteiger partial charge in [0.1, 0.15) is 0 Å². The van der Waals surface area contributed by atoms with E-state index in [1.807, 2.05) is 12.1 Å². The molecule has 20 heavy (non-hydrogen) atoms. The number of para-hydroxylation sites is 1. The predicted molar refractivity (Wildman–Crippen MR) is 78.9 cm³/mol. The zero-order chi connectivity index (χ0) is 13.9. The van der Waals surface area contributed by atoms with Gasteiger partial charge in [-0.2, -0.15) is 0 Å². The lowest BCUT2D eigenvalue weighted by molar-refractivity contribution is -0.124. The lowest BCUT2D eigenvalue weighted by Crippen LogP contribution is -2.44. The minimum atomic E-state index is -0.0515. The summed E-state index contributed by atoms with van der Waals surface area (Å²) in [6, 6.07) is 8.61. The fraction of sp³-hybridized carbons (Fsp3) is 0.562. The number of benzene rings is 1. The highest BCUT2D eigenvalue weighted by Crippen LogP contribution is 2.34. The second kappa shape index (κ2) is 5.83. The van der Waals surface area contributed by atoms with Crippen LogP contribution in [0.25, 0.3) is 0 Å². The molecule has 0 saturated carbocycles. The summed E-state index contributed by atoms with van der Waals surface area (Å²) in [5, 5.41) is 6.60. The maximum absolute atomic E-state index is 12.6. The van der Waals surface area contributed by atoms with Gasteiger partial charge in [0.05, 0.1) is 18.6 Å². The molecule has 0 spiro atoms. The number of anilines is 1. The molecule has 4 nitrogen and oxygen atoms in total. The van der Waals surface area contributed by atoms with Crippen LogP contribution in [0.4, 0.5) is 5.69 Å². The minimum Gasteiger partial charge on any atom is -0.382 e. The zero-order valence-corrected chi connectivity index (χ0v) is 11.9. The lowest BCUT2D eigenvalue weighted by atomic mass is 9.86. The van der Waals surface area contributed by atoms with Gasteiger partial charge < -0.3 is 15.4 Å². The Morgan fingerprint density at radius 3 is 3.05 bits per heavy atom. The Bertz CT molecular complexity index is 483. The summed E-state index contributed by atoms with van der Waals surface area (Å²) >= 11 is 0. The van der Waals surface area contributed by atoms with Gasteiger partial charge in [-0.25, -0.2) is 0 Å². The van der Waals surface area contributed by atoms with Crippen LogP contribution in [0.5, 0.6) is 0 Å². The van der Waals surface area contributed by atoms with Crippen molar-refractivity contribution in [2.24, 2.45) is 0 Å². The number of rotatable bonds is 2. The van der Waals surface area contributed by atoms with Crippen molar-refractivity contribution in [3.8, 4) is 0 Å². The Morgan fingerprint density at radius 2 is 2.25 bits per heavy atom. The first kappa shape index (κ1) is 13.4. The molecule has 1 fully saturated rings. The molecule has 0 radical (unpaired) electrons. The van der Waals surface area contributed by atoms with E-state index in [1.165, 1.54) is 0 Å². The first-order chi connectivity index (χ1) is 9.74. The van der Waals surface area contributed by atoms with Crippen molar-refractivity contribution in [3.63, 3.8) is 0 Å². The second-order valence-corrected chi connectivity index (χ2v) is 5.84. The average molecular weight is 274 g/mol. The Kier molecular flexibility index (Phi) is 3.92. The summed E-state index contributed by atoms with van der Waals surface area (Å²) in [6.07, 6.45) is 2.90. The number of amides is 1. The van der Waals surface area contributed by atoms with Crippen LogP contribution in [-0.4, -0.2) is 31.2 Å². The molecule has 0 aromatic heterocycles. The van der Waals surface area contributed by atoms with E-state index in [4.69, 9.17) is 4.74 Å². The summed E-state index contributed by atoms with van der Waals surface area (Å²) in [5.41, 5.74) is 2.20. The summed E-state index contributed by atoms with van der Waals surface area (Å²) < 4.78 is 5.43. The highest BCUT2D eigenvalue weighted by Gasteiger charge is 2.30. The third kappa shape index (κ3) is 2.80. The van der Waals surface area contributed by atoms with Gasteiger partial charge in [0.2, 0.25) is 5.91 Å². The van der Waals surface area contributed by atoms with E-state index in [2.05, 4.69) is 29.7 Å². The molecule has 0 aliphatic carbocycles. The summed E-state index contributed by atoms with van der Waals surface area (Å²) in [5.74, 6) is 0.0886. The standard InChI is InChI=1S/C16H22N2O2/c1-11-9-14(13-6-2-3-7-15(13)17-11)16(19)18-12-5-4-8-20-10-12/h2-3,6-7,11-12,14,17H,4-5,8-10H2,1H3,(H,18,19). The van der Waals surface area contributed by atoms with Crippen molar-refractivity contribution in [3.05, 3.63) is 29.8 Å². The maximum atomic E-state index is 12.6. The Balaban J connectivity index is 1.74. The molecule has 2 aliphatic heterocycles. The first-order valence-corrected chi connectivity index (χ1v) is 7.47. The number of ether oxygens (including phenoxy) is 1. The molecule has 1 aromatic rings. The van der Waals surface area contributed by atoms with Crippen LogP contribution in [0.15, 0.2) is 24.3 Å². The molecule has 1 amide bonds. The highest BCUT2D eigenvalue weighted by atomic mass is 16.5. The molecule has 3 unspecified atom stereocenters. The lowest BCUT2D eigenvalue weighted by Gasteiger charge is -2.32. The summed E-state index contributed by atoms with van der Waals surface area (Å²) in [7, 11) is 0. The van der Waals surface area contributed by atoms with Crippen LogP contribution in [0.3, 0.4) is 0 Å². The zero-order valence-electron chi connectivity index (χ0n) is 11.9. The van der Waals surface area contributed by atoms with E-state index in [-0.39, 0.29) is 17.9 Å². The van der Waals surface area contributed by atoms with E-state index in [9.17, 15) is 4.79 Å². The molecule has 2 N–H and O–H groups in total. The molecule has 1 saturated heterocycles. The third-order valence-corrected chi connectivity index (χ3v) is 4.15. The van der Waals surface area contributed by atoms with Gasteiger partial charge in [-0.15, -0.1) is 0 Å². The molecule has 4 heteroatoms. The number of hydrogen-bond donors (Lipinski definition) is 2. The third-order valence-electron chi connectivity index (χ3n) is 4.15. The number of fused-ring (bicyclic) bond motifs is 1. The number of carbonyl (C=O) groups excluding carboxylic acids is 1. The molecule has 1 aromatic carbocycles. The largest absolute Gasteiger partial charge is 0.382 e. The van der Waals surface area contributed by atoms with E-state index < -0.39 is 0 Å². The van der Waals surface area contributed by atoms with Crippen LogP contribution in [0.2, 0.25) is 0 Å². The van der Waals surface area contributed by atoms with Gasteiger partial charge in [0, 0.05) is 18.3 Å². The van der Waals surface area contributed by atoms with Gasteiger partial charge in [-0.05, 0) is 37.8 Å². The van der Waals surface area contributed by atoms with Crippen molar-refractivity contribution in [1.82, 2.24) is 5.32 Å². The Hall–Kier alpha value is -1.55. The number of nitrogens with one attached hydrogen (secondary N) is 2. The molecule has 3 atom stereocenters. The van der Waals surface area contributed by atoms with Gasteiger partial charge in [0.25, 0.3) is 0 Å². The van der Waals surface area contributed by atoms with Gasteiger partial charge in [-0.3, -0.25) is 4.79 Å². The highest BCUT2D eigenvalue weighted by molar-refractivity contribution is 5.86. The van der Waals surface area contributed by atoms with Crippen molar-refractivity contribution in [2.45, 2.75) is 44.2 Å². The van der Waals surface area contributed by atoms with Crippen molar-refractivity contribution >= 4 is 11.6 Å². The topological polar surface area (TPSA) is 50.4 Å². The monoisotopic (exact) mass is 274 g/mol. The van der Waals surface area contributed by atoms with Crippen LogP contribution < -0.4 is 10.6 Å². The SMILES string of the molecule is CC1CC(C(=O)NC2CCCOC2)c2ccccc2N1. The molecule has 2 aliphatic rings. The van der Waals surface area contributed by atoms with E-state index in [0.29, 0.717) is 12.6 Å². The second-order valence-electron chi connectivity index (χ2n) is 5.84. The fourth-order valence-electron chi connectivity index (χ4n) is 3.14. The molecule has 0 bridgehead atoms. The minimum absolute atomic E-state index is 0.0515. The van der Waals surface area contributed by atoms with E-state index in [0.717, 1.165) is 37.1 Å². The van der Waals surface area contributed by atoms with Gasteiger partial charge in [0.15, 0.2) is 0 Å². The van der Waals surface area contributed by atoms with E-state index in [1.54, 1.807) is 0 Å². The Morgan fingerprint density at radius 1 is 1.40 bits per heavy atom. The van der Waals surface area contributed by atoms with Crippen molar-refractivity contribution in [1.29, 1.82) is 0 Å². The molecular formula is C16H22N2O2. The quantitative estimate of drug-likeness (QED) is 0.870. The molecule has 108 valence electrons. The smallest absolute Gasteiger partial charge is 0.227 e. The number of hydrogen-bond acceptors (Lipinski definition) is 3. The first-order valence-electron chi connectivity index (χ1n) is 7.47. The van der Waals surface area contributed by atoms with Crippen LogP contribution >= 0.6 is 0 Å². The van der Waals surface area contributed by atoms with E-state index >= 15 is 0 Å². The van der Waals surface area contributed by atoms with Gasteiger partial charge in [-0.1, -0.05) is 18.2 Å². The normalized spacial score (nSPS) is 29.1. The summed E-state index contributed by atoms with van der Waals surface area (Å²) in [6.45, 7) is 3.59. The number of carbonyl (C=O) groups is 1. The molecule has 2 heterocycles. The van der Waals surface area contributed by atoms with Crippen molar-refractivity contribution in [2.75, 3.05) is 18.5 Å². The van der Waals surface area contributed by atoms with Crippen LogP contribution in [-0.2, 0) is 9.53 Å². The fourth-order valence-corrected chi connectivity index (χ4v) is 3.14. The average Bonchev–Trinajstić information content (AvgIpc) is 2.47. The van der Waals surface area contributed by atoms with Crippen LogP contribution in [0, 0.1) is 0 Å². The molecular weight excluding hydrogens is 252 g/mol. The Labute approximate surface area is 119 Å². The maximum Gasteiger partial charge on any atom is 0.227 e.